The molecule has 0 bridgehead atoms. The lowest BCUT2D eigenvalue weighted by Gasteiger charge is -2.07. The van der Waals surface area contributed by atoms with Crippen molar-refractivity contribution in [2.45, 2.75) is 11.9 Å². The van der Waals surface area contributed by atoms with Crippen LogP contribution >= 0.6 is 15.9 Å². The molecule has 0 aliphatic heterocycles. The van der Waals surface area contributed by atoms with Gasteiger partial charge in [0.25, 0.3) is 5.91 Å². The molecular formula is C15H13BrFNO. The third-order valence-corrected chi connectivity index (χ3v) is 3.39. The summed E-state index contributed by atoms with van der Waals surface area (Å²) >= 11 is 3.34. The summed E-state index contributed by atoms with van der Waals surface area (Å²) < 4.78 is 13.4. The number of rotatable bonds is 4. The fourth-order valence-electron chi connectivity index (χ4n) is 1.72. The second-order valence-electron chi connectivity index (χ2n) is 4.11. The van der Waals surface area contributed by atoms with Crippen molar-refractivity contribution in [2.24, 2.45) is 0 Å². The lowest BCUT2D eigenvalue weighted by Crippen LogP contribution is -2.23. The molecule has 2 nitrogen and oxygen atoms in total. The Morgan fingerprint density at radius 1 is 1.16 bits per heavy atom. The maximum absolute atomic E-state index is 13.4. The van der Waals surface area contributed by atoms with Crippen molar-refractivity contribution in [3.63, 3.8) is 0 Å². The first kappa shape index (κ1) is 13.7. The SMILES string of the molecule is O=C(NCc1ccccc1F)c1cccc(CBr)c1. The van der Waals surface area contributed by atoms with Crippen LogP contribution in [0.15, 0.2) is 48.5 Å². The summed E-state index contributed by atoms with van der Waals surface area (Å²) in [5.74, 6) is -0.511. The Morgan fingerprint density at radius 3 is 2.68 bits per heavy atom. The minimum Gasteiger partial charge on any atom is -0.348 e. The van der Waals surface area contributed by atoms with E-state index in [1.165, 1.54) is 6.07 Å². The molecule has 0 atom stereocenters. The molecule has 4 heteroatoms. The van der Waals surface area contributed by atoms with E-state index >= 15 is 0 Å². The van der Waals surface area contributed by atoms with E-state index < -0.39 is 0 Å². The summed E-state index contributed by atoms with van der Waals surface area (Å²) in [5, 5.41) is 3.41. The summed E-state index contributed by atoms with van der Waals surface area (Å²) in [4.78, 5) is 11.9. The Hall–Kier alpha value is -1.68. The lowest BCUT2D eigenvalue weighted by molar-refractivity contribution is 0.0950. The maximum Gasteiger partial charge on any atom is 0.251 e. The van der Waals surface area contributed by atoms with Crippen LogP contribution in [0.1, 0.15) is 21.5 Å². The normalized spacial score (nSPS) is 10.2. The van der Waals surface area contributed by atoms with Crippen LogP contribution in [0.4, 0.5) is 4.39 Å². The van der Waals surface area contributed by atoms with Crippen molar-refractivity contribution in [2.75, 3.05) is 0 Å². The van der Waals surface area contributed by atoms with Crippen molar-refractivity contribution in [1.29, 1.82) is 0 Å². The van der Waals surface area contributed by atoms with Crippen LogP contribution in [0.3, 0.4) is 0 Å². The predicted octanol–water partition coefficient (Wildman–Crippen LogP) is 3.65. The number of hydrogen-bond acceptors (Lipinski definition) is 1. The number of alkyl halides is 1. The van der Waals surface area contributed by atoms with Crippen molar-refractivity contribution in [3.8, 4) is 0 Å². The first-order valence-corrected chi connectivity index (χ1v) is 6.99. The van der Waals surface area contributed by atoms with Crippen LogP contribution in [0.25, 0.3) is 0 Å². The molecule has 0 heterocycles. The van der Waals surface area contributed by atoms with Gasteiger partial charge in [-0.1, -0.05) is 46.3 Å². The minimum absolute atomic E-state index is 0.185. The quantitative estimate of drug-likeness (QED) is 0.856. The summed E-state index contributed by atoms with van der Waals surface area (Å²) in [6.45, 7) is 0.185. The van der Waals surface area contributed by atoms with Crippen LogP contribution in [0.5, 0.6) is 0 Å². The van der Waals surface area contributed by atoms with Crippen molar-refractivity contribution >= 4 is 21.8 Å². The number of carbonyl (C=O) groups excluding carboxylic acids is 1. The van der Waals surface area contributed by atoms with Crippen LogP contribution in [0.2, 0.25) is 0 Å². The van der Waals surface area contributed by atoms with Gasteiger partial charge in [-0.15, -0.1) is 0 Å². The van der Waals surface area contributed by atoms with Crippen LogP contribution in [-0.2, 0) is 11.9 Å². The molecule has 1 N–H and O–H groups in total. The number of amides is 1. The summed E-state index contributed by atoms with van der Waals surface area (Å²) in [5.41, 5.74) is 2.08. The highest BCUT2D eigenvalue weighted by molar-refractivity contribution is 9.08. The maximum atomic E-state index is 13.4. The highest BCUT2D eigenvalue weighted by Gasteiger charge is 2.07. The van der Waals surface area contributed by atoms with Crippen LogP contribution in [-0.4, -0.2) is 5.91 Å². The highest BCUT2D eigenvalue weighted by Crippen LogP contribution is 2.10. The average molecular weight is 322 g/mol. The monoisotopic (exact) mass is 321 g/mol. The first-order chi connectivity index (χ1) is 9.20. The van der Waals surface area contributed by atoms with Gasteiger partial charge in [-0.2, -0.15) is 0 Å². The number of hydrogen-bond donors (Lipinski definition) is 1. The van der Waals surface area contributed by atoms with Crippen LogP contribution in [0, 0.1) is 5.82 Å². The molecule has 0 saturated carbocycles. The number of halogens is 2. The second kappa shape index (κ2) is 6.48. The molecule has 0 unspecified atom stereocenters. The molecule has 0 aliphatic rings. The molecule has 98 valence electrons. The zero-order valence-corrected chi connectivity index (χ0v) is 11.8. The van der Waals surface area contributed by atoms with Gasteiger partial charge in [0.1, 0.15) is 5.82 Å². The van der Waals surface area contributed by atoms with Crippen molar-refractivity contribution < 1.29 is 9.18 Å². The van der Waals surface area contributed by atoms with Crippen molar-refractivity contribution in [1.82, 2.24) is 5.32 Å². The van der Waals surface area contributed by atoms with Gasteiger partial charge in [-0.3, -0.25) is 4.79 Å². The van der Waals surface area contributed by atoms with E-state index in [0.717, 1.165) is 5.56 Å². The predicted molar refractivity (Wildman–Crippen MR) is 76.6 cm³/mol. The molecule has 2 rings (SSSR count). The molecule has 0 aromatic heterocycles. The van der Waals surface area contributed by atoms with Gasteiger partial charge in [0, 0.05) is 23.0 Å². The number of benzene rings is 2. The summed E-state index contributed by atoms with van der Waals surface area (Å²) in [6, 6.07) is 13.7. The molecular weight excluding hydrogens is 309 g/mol. The van der Waals surface area contributed by atoms with E-state index in [1.807, 2.05) is 18.2 Å². The summed E-state index contributed by atoms with van der Waals surface area (Å²) in [7, 11) is 0. The van der Waals surface area contributed by atoms with E-state index in [4.69, 9.17) is 0 Å². The molecule has 0 fully saturated rings. The van der Waals surface area contributed by atoms with E-state index in [9.17, 15) is 9.18 Å². The van der Waals surface area contributed by atoms with Gasteiger partial charge in [0.15, 0.2) is 0 Å². The van der Waals surface area contributed by atoms with E-state index in [-0.39, 0.29) is 18.3 Å². The third kappa shape index (κ3) is 3.64. The minimum atomic E-state index is -0.308. The summed E-state index contributed by atoms with van der Waals surface area (Å²) in [6.07, 6.45) is 0. The molecule has 0 radical (unpaired) electrons. The number of nitrogens with one attached hydrogen (secondary N) is 1. The van der Waals surface area contributed by atoms with Gasteiger partial charge in [-0.05, 0) is 23.8 Å². The molecule has 1 amide bonds. The van der Waals surface area contributed by atoms with Gasteiger partial charge < -0.3 is 5.32 Å². The molecule has 0 aliphatic carbocycles. The topological polar surface area (TPSA) is 29.1 Å². The third-order valence-electron chi connectivity index (χ3n) is 2.74. The highest BCUT2D eigenvalue weighted by atomic mass is 79.9. The average Bonchev–Trinajstić information content (AvgIpc) is 2.46. The Balaban J connectivity index is 2.03. The molecule has 0 spiro atoms. The Morgan fingerprint density at radius 2 is 1.95 bits per heavy atom. The first-order valence-electron chi connectivity index (χ1n) is 5.87. The van der Waals surface area contributed by atoms with E-state index in [0.29, 0.717) is 16.5 Å². The fourth-order valence-corrected chi connectivity index (χ4v) is 2.06. The van der Waals surface area contributed by atoms with Crippen LogP contribution < -0.4 is 5.32 Å². The van der Waals surface area contributed by atoms with Gasteiger partial charge >= 0.3 is 0 Å². The van der Waals surface area contributed by atoms with Gasteiger partial charge in [-0.25, -0.2) is 4.39 Å². The van der Waals surface area contributed by atoms with Gasteiger partial charge in [0.2, 0.25) is 0 Å². The largest absolute Gasteiger partial charge is 0.348 e. The fraction of sp³-hybridized carbons (Fsp3) is 0.133. The van der Waals surface area contributed by atoms with Gasteiger partial charge in [0.05, 0.1) is 0 Å². The molecule has 2 aromatic carbocycles. The Bertz CT molecular complexity index is 586. The molecule has 2 aromatic rings. The van der Waals surface area contributed by atoms with E-state index in [1.54, 1.807) is 24.3 Å². The molecule has 19 heavy (non-hydrogen) atoms. The number of carbonyl (C=O) groups is 1. The lowest BCUT2D eigenvalue weighted by atomic mass is 10.1. The van der Waals surface area contributed by atoms with Crippen molar-refractivity contribution in [3.05, 3.63) is 71.0 Å². The molecule has 0 saturated heterocycles. The van der Waals surface area contributed by atoms with E-state index in [2.05, 4.69) is 21.2 Å². The smallest absolute Gasteiger partial charge is 0.251 e. The zero-order chi connectivity index (χ0) is 13.7. The zero-order valence-electron chi connectivity index (χ0n) is 10.2. The second-order valence-corrected chi connectivity index (χ2v) is 4.67. The Kier molecular flexibility index (Phi) is 4.68. The standard InChI is InChI=1S/C15H13BrFNO/c16-9-11-4-3-6-12(8-11)15(19)18-10-13-5-1-2-7-14(13)17/h1-8H,9-10H2,(H,18,19). The Labute approximate surface area is 119 Å².